The molecule has 0 atom stereocenters. The van der Waals surface area contributed by atoms with Crippen LogP contribution in [0.15, 0.2) is 12.4 Å². The van der Waals surface area contributed by atoms with Gasteiger partial charge in [-0.05, 0) is 34.6 Å². The van der Waals surface area contributed by atoms with Crippen molar-refractivity contribution in [3.8, 4) is 0 Å². The fourth-order valence-corrected chi connectivity index (χ4v) is 0.991. The molecule has 0 aromatic rings. The molecule has 1 aliphatic heterocycles. The molecule has 0 unspecified atom stereocenters. The molecule has 1 aliphatic rings. The van der Waals surface area contributed by atoms with Gasteiger partial charge in [-0.1, -0.05) is 0 Å². The van der Waals surface area contributed by atoms with E-state index in [0.29, 0.717) is 6.04 Å². The molecular formula is C10H18N2. The Morgan fingerprint density at radius 2 is 1.75 bits per heavy atom. The molecular weight excluding hydrogens is 148 g/mol. The quantitative estimate of drug-likeness (QED) is 0.589. The molecule has 1 heterocycles. The lowest BCUT2D eigenvalue weighted by atomic mass is 10.1. The van der Waals surface area contributed by atoms with Crippen LogP contribution in [0.4, 0.5) is 0 Å². The van der Waals surface area contributed by atoms with Gasteiger partial charge in [0.25, 0.3) is 0 Å². The topological polar surface area (TPSA) is 6.48 Å². The van der Waals surface area contributed by atoms with Gasteiger partial charge in [0.15, 0.2) is 0 Å². The fraction of sp³-hybridized carbons (Fsp3) is 0.700. The normalized spacial score (nSPS) is 18.2. The molecule has 2 radical (unpaired) electrons. The largest absolute Gasteiger partial charge is 0.344 e. The summed E-state index contributed by atoms with van der Waals surface area (Å²) >= 11 is 0. The van der Waals surface area contributed by atoms with Gasteiger partial charge in [0.1, 0.15) is 0 Å². The summed E-state index contributed by atoms with van der Waals surface area (Å²) in [7, 11) is 0. The van der Waals surface area contributed by atoms with Crippen LogP contribution in [-0.4, -0.2) is 21.4 Å². The second-order valence-corrected chi connectivity index (χ2v) is 4.44. The molecule has 0 aromatic heterocycles. The van der Waals surface area contributed by atoms with E-state index < -0.39 is 0 Å². The van der Waals surface area contributed by atoms with E-state index in [-0.39, 0.29) is 5.54 Å². The maximum absolute atomic E-state index is 3.29. The van der Waals surface area contributed by atoms with Crippen molar-refractivity contribution in [2.24, 2.45) is 0 Å². The molecule has 0 bridgehead atoms. The van der Waals surface area contributed by atoms with Gasteiger partial charge >= 0.3 is 0 Å². The highest BCUT2D eigenvalue weighted by Crippen LogP contribution is 2.23. The SMILES string of the molecule is CC(C)N1[C]N(C(C)(C)C)C=C1. The lowest BCUT2D eigenvalue weighted by Gasteiger charge is -2.32. The Morgan fingerprint density at radius 1 is 1.17 bits per heavy atom. The summed E-state index contributed by atoms with van der Waals surface area (Å²) in [6.45, 7) is 14.1. The molecule has 2 nitrogen and oxygen atoms in total. The molecule has 0 amide bonds. The van der Waals surface area contributed by atoms with Crippen molar-refractivity contribution in [1.82, 2.24) is 9.80 Å². The van der Waals surface area contributed by atoms with Crippen molar-refractivity contribution >= 4 is 0 Å². The molecule has 0 aromatic carbocycles. The summed E-state index contributed by atoms with van der Waals surface area (Å²) in [5, 5.41) is 0. The first kappa shape index (κ1) is 9.43. The standard InChI is InChI=1S/C10H18N2/c1-9(2)11-6-7-12(8-11)10(3,4)5/h6-7,9H,1-5H3. The molecule has 1 rings (SSSR count). The van der Waals surface area contributed by atoms with Crippen LogP contribution >= 0.6 is 0 Å². The van der Waals surface area contributed by atoms with E-state index in [9.17, 15) is 0 Å². The van der Waals surface area contributed by atoms with Gasteiger partial charge in [0, 0.05) is 24.0 Å². The summed E-state index contributed by atoms with van der Waals surface area (Å²) in [6.07, 6.45) is 4.13. The van der Waals surface area contributed by atoms with Crippen LogP contribution in [0.3, 0.4) is 0 Å². The highest BCUT2D eigenvalue weighted by molar-refractivity contribution is 5.02. The molecule has 0 fully saturated rings. The molecule has 12 heavy (non-hydrogen) atoms. The van der Waals surface area contributed by atoms with Crippen molar-refractivity contribution < 1.29 is 0 Å². The number of rotatable bonds is 1. The number of hydrogen-bond acceptors (Lipinski definition) is 2. The number of nitrogens with zero attached hydrogens (tertiary/aromatic N) is 2. The van der Waals surface area contributed by atoms with Gasteiger partial charge in [0.05, 0.1) is 0 Å². The highest BCUT2D eigenvalue weighted by atomic mass is 15.4. The smallest absolute Gasteiger partial charge is 0.208 e. The average Bonchev–Trinajstić information content (AvgIpc) is 2.30. The predicted octanol–water partition coefficient (Wildman–Crippen LogP) is 2.28. The molecule has 2 heteroatoms. The van der Waals surface area contributed by atoms with Crippen molar-refractivity contribution in [3.05, 3.63) is 19.1 Å². The lowest BCUT2D eigenvalue weighted by Crippen LogP contribution is -2.37. The molecule has 0 saturated heterocycles. The molecule has 0 saturated carbocycles. The van der Waals surface area contributed by atoms with E-state index >= 15 is 0 Å². The Hall–Kier alpha value is -0.660. The van der Waals surface area contributed by atoms with Gasteiger partial charge in [-0.2, -0.15) is 0 Å². The van der Waals surface area contributed by atoms with Gasteiger partial charge < -0.3 is 9.80 Å². The second kappa shape index (κ2) is 3.00. The first-order chi connectivity index (χ1) is 5.41. The summed E-state index contributed by atoms with van der Waals surface area (Å²) < 4.78 is 0. The van der Waals surface area contributed by atoms with Crippen LogP contribution in [0.1, 0.15) is 34.6 Å². The lowest BCUT2D eigenvalue weighted by molar-refractivity contribution is 0.203. The van der Waals surface area contributed by atoms with Gasteiger partial charge in [0.2, 0.25) is 6.67 Å². The minimum absolute atomic E-state index is 0.139. The Labute approximate surface area is 75.8 Å². The van der Waals surface area contributed by atoms with Crippen LogP contribution in [0.2, 0.25) is 0 Å². The Balaban J connectivity index is 2.54. The average molecular weight is 166 g/mol. The van der Waals surface area contributed by atoms with Crippen LogP contribution in [0, 0.1) is 6.67 Å². The van der Waals surface area contributed by atoms with Gasteiger partial charge in [-0.3, -0.25) is 0 Å². The maximum atomic E-state index is 3.29. The zero-order valence-electron chi connectivity index (χ0n) is 8.63. The molecule has 0 spiro atoms. The Morgan fingerprint density at radius 3 is 2.00 bits per heavy atom. The summed E-state index contributed by atoms with van der Waals surface area (Å²) in [5.41, 5.74) is 0.139. The maximum Gasteiger partial charge on any atom is 0.208 e. The third-order valence-electron chi connectivity index (χ3n) is 1.88. The van der Waals surface area contributed by atoms with Crippen molar-refractivity contribution in [2.75, 3.05) is 0 Å². The van der Waals surface area contributed by atoms with E-state index in [4.69, 9.17) is 0 Å². The van der Waals surface area contributed by atoms with Crippen LogP contribution < -0.4 is 0 Å². The van der Waals surface area contributed by atoms with Crippen LogP contribution in [0.25, 0.3) is 0 Å². The molecule has 0 aliphatic carbocycles. The zero-order chi connectivity index (χ0) is 9.35. The van der Waals surface area contributed by atoms with Crippen LogP contribution in [0.5, 0.6) is 0 Å². The third kappa shape index (κ3) is 1.93. The fourth-order valence-electron chi connectivity index (χ4n) is 0.991. The summed E-state index contributed by atoms with van der Waals surface area (Å²) in [4.78, 5) is 4.19. The van der Waals surface area contributed by atoms with Crippen LogP contribution in [-0.2, 0) is 0 Å². The Bertz CT molecular complexity index is 177. The highest BCUT2D eigenvalue weighted by Gasteiger charge is 2.25. The number of hydrogen-bond donors (Lipinski definition) is 0. The Kier molecular flexibility index (Phi) is 2.36. The van der Waals surface area contributed by atoms with E-state index in [1.807, 2.05) is 0 Å². The minimum Gasteiger partial charge on any atom is -0.344 e. The van der Waals surface area contributed by atoms with Crippen molar-refractivity contribution in [1.29, 1.82) is 0 Å². The van der Waals surface area contributed by atoms with E-state index in [1.165, 1.54) is 0 Å². The van der Waals surface area contributed by atoms with Gasteiger partial charge in [-0.15, -0.1) is 0 Å². The van der Waals surface area contributed by atoms with Gasteiger partial charge in [-0.25, -0.2) is 0 Å². The monoisotopic (exact) mass is 166 g/mol. The van der Waals surface area contributed by atoms with Crippen molar-refractivity contribution in [2.45, 2.75) is 46.2 Å². The molecule has 0 N–H and O–H groups in total. The van der Waals surface area contributed by atoms with E-state index in [2.05, 4.69) is 63.5 Å². The predicted molar refractivity (Wildman–Crippen MR) is 51.0 cm³/mol. The van der Waals surface area contributed by atoms with E-state index in [1.54, 1.807) is 0 Å². The molecule has 68 valence electrons. The summed E-state index contributed by atoms with van der Waals surface area (Å²) in [5.74, 6) is 0. The van der Waals surface area contributed by atoms with E-state index in [0.717, 1.165) is 0 Å². The van der Waals surface area contributed by atoms with Crippen molar-refractivity contribution in [3.63, 3.8) is 0 Å². The second-order valence-electron chi connectivity index (χ2n) is 4.44. The first-order valence-electron chi connectivity index (χ1n) is 4.43. The zero-order valence-corrected chi connectivity index (χ0v) is 8.63. The summed E-state index contributed by atoms with van der Waals surface area (Å²) in [6, 6.07) is 0.494. The minimum atomic E-state index is 0.139. The third-order valence-corrected chi connectivity index (χ3v) is 1.88. The first-order valence-corrected chi connectivity index (χ1v) is 4.43.